The number of ether oxygens (including phenoxy) is 1. The van der Waals surface area contributed by atoms with E-state index in [1.807, 2.05) is 48.3 Å². The van der Waals surface area contributed by atoms with Gasteiger partial charge in [0.05, 0.1) is 24.6 Å². The highest BCUT2D eigenvalue weighted by atomic mass is 35.5. The lowest BCUT2D eigenvalue weighted by molar-refractivity contribution is -0.121. The van der Waals surface area contributed by atoms with Crippen LogP contribution >= 0.6 is 23.4 Å². The Hall–Kier alpha value is -3.62. The van der Waals surface area contributed by atoms with E-state index in [1.54, 1.807) is 19.2 Å². The number of carbonyl (C=O) groups excluding carboxylic acids is 2. The summed E-state index contributed by atoms with van der Waals surface area (Å²) in [5, 5.41) is 10.0. The summed E-state index contributed by atoms with van der Waals surface area (Å²) in [6, 6.07) is 22.9. The monoisotopic (exact) mass is 532 g/mol. The van der Waals surface area contributed by atoms with Crippen molar-refractivity contribution in [3.8, 4) is 5.75 Å². The molecule has 2 atom stereocenters. The van der Waals surface area contributed by atoms with Gasteiger partial charge in [-0.1, -0.05) is 77.5 Å². The van der Waals surface area contributed by atoms with Gasteiger partial charge in [-0.05, 0) is 42.3 Å². The Labute approximate surface area is 224 Å². The van der Waals surface area contributed by atoms with Gasteiger partial charge in [0.1, 0.15) is 11.0 Å². The molecule has 7 nitrogen and oxygen atoms in total. The zero-order chi connectivity index (χ0) is 25.9. The van der Waals surface area contributed by atoms with E-state index in [4.69, 9.17) is 21.4 Å². The molecule has 2 amide bonds. The second-order valence-electron chi connectivity index (χ2n) is 8.82. The summed E-state index contributed by atoms with van der Waals surface area (Å²) in [4.78, 5) is 29.9. The number of thioether (sulfide) groups is 1. The largest absolute Gasteiger partial charge is 0.495 e. The molecular formula is C28H25ClN4O3S. The summed E-state index contributed by atoms with van der Waals surface area (Å²) in [5.74, 6) is -0.0677. The number of anilines is 1. The van der Waals surface area contributed by atoms with Crippen LogP contribution in [-0.4, -0.2) is 40.1 Å². The SMILES string of the molecule is COc1ccccc1NC(=O)C[C@@H]1SC(N2N=C(c3ccc(Cl)cc3)C[C@@H]2c2ccc(C)cc2)=NC1=O. The molecule has 188 valence electrons. The van der Waals surface area contributed by atoms with Crippen LogP contribution in [0.3, 0.4) is 0 Å². The van der Waals surface area contributed by atoms with E-state index in [2.05, 4.69) is 34.6 Å². The van der Waals surface area contributed by atoms with Crippen LogP contribution in [0.5, 0.6) is 5.75 Å². The van der Waals surface area contributed by atoms with Gasteiger partial charge in [-0.3, -0.25) is 9.59 Å². The fourth-order valence-electron chi connectivity index (χ4n) is 4.27. The van der Waals surface area contributed by atoms with Gasteiger partial charge in [-0.25, -0.2) is 5.01 Å². The first-order valence-corrected chi connectivity index (χ1v) is 13.1. The number of aryl methyl sites for hydroxylation is 1. The van der Waals surface area contributed by atoms with E-state index in [9.17, 15) is 9.59 Å². The second kappa shape index (κ2) is 10.8. The summed E-state index contributed by atoms with van der Waals surface area (Å²) in [5.41, 5.74) is 4.65. The predicted molar refractivity (Wildman–Crippen MR) is 148 cm³/mol. The third-order valence-electron chi connectivity index (χ3n) is 6.23. The quantitative estimate of drug-likeness (QED) is 0.431. The Balaban J connectivity index is 1.35. The number of amidine groups is 1. The first-order valence-electron chi connectivity index (χ1n) is 11.8. The van der Waals surface area contributed by atoms with Crippen molar-refractivity contribution in [3.63, 3.8) is 0 Å². The number of amides is 2. The molecule has 9 heteroatoms. The molecule has 0 spiro atoms. The number of hydrazone groups is 1. The van der Waals surface area contributed by atoms with E-state index < -0.39 is 5.25 Å². The average Bonchev–Trinajstić information content (AvgIpc) is 3.49. The van der Waals surface area contributed by atoms with E-state index in [0.29, 0.717) is 28.0 Å². The number of hydrogen-bond acceptors (Lipinski definition) is 6. The molecule has 2 heterocycles. The minimum absolute atomic E-state index is 0.00859. The number of nitrogens with zero attached hydrogens (tertiary/aromatic N) is 3. The normalized spacial score (nSPS) is 19.0. The average molecular weight is 533 g/mol. The Kier molecular flexibility index (Phi) is 7.30. The lowest BCUT2D eigenvalue weighted by Gasteiger charge is -2.23. The highest BCUT2D eigenvalue weighted by Gasteiger charge is 2.39. The lowest BCUT2D eigenvalue weighted by Crippen LogP contribution is -2.25. The molecule has 0 unspecified atom stereocenters. The molecule has 37 heavy (non-hydrogen) atoms. The van der Waals surface area contributed by atoms with Gasteiger partial charge in [0.2, 0.25) is 5.91 Å². The highest BCUT2D eigenvalue weighted by molar-refractivity contribution is 8.15. The molecule has 3 aromatic rings. The predicted octanol–water partition coefficient (Wildman–Crippen LogP) is 5.83. The Morgan fingerprint density at radius 3 is 2.57 bits per heavy atom. The van der Waals surface area contributed by atoms with E-state index >= 15 is 0 Å². The summed E-state index contributed by atoms with van der Waals surface area (Å²) < 4.78 is 5.30. The standard InChI is InChI=1S/C28H25ClN4O3S/c1-17-7-9-19(10-8-17)23-15-22(18-11-13-20(29)14-12-18)32-33(23)28-31-27(35)25(37-28)16-26(34)30-21-5-3-4-6-24(21)36-2/h3-14,23,25H,15-16H2,1-2H3,(H,30,34)/t23-,25+/m1/s1. The first-order chi connectivity index (χ1) is 17.9. The topological polar surface area (TPSA) is 83.4 Å². The molecule has 3 aromatic carbocycles. The number of methoxy groups -OCH3 is 1. The van der Waals surface area contributed by atoms with Crippen molar-refractivity contribution in [1.29, 1.82) is 0 Å². The minimum Gasteiger partial charge on any atom is -0.495 e. The van der Waals surface area contributed by atoms with Crippen molar-refractivity contribution in [1.82, 2.24) is 5.01 Å². The van der Waals surface area contributed by atoms with Crippen LogP contribution in [0, 0.1) is 6.92 Å². The number of halogens is 1. The maximum Gasteiger partial charge on any atom is 0.262 e. The molecule has 0 saturated carbocycles. The van der Waals surface area contributed by atoms with Crippen molar-refractivity contribution >= 4 is 51.7 Å². The molecule has 0 bridgehead atoms. The molecule has 0 fully saturated rings. The maximum absolute atomic E-state index is 12.8. The Morgan fingerprint density at radius 2 is 1.84 bits per heavy atom. The smallest absolute Gasteiger partial charge is 0.262 e. The van der Waals surface area contributed by atoms with Crippen molar-refractivity contribution in [3.05, 3.63) is 94.5 Å². The van der Waals surface area contributed by atoms with Crippen molar-refractivity contribution in [2.24, 2.45) is 10.1 Å². The maximum atomic E-state index is 12.8. The van der Waals surface area contributed by atoms with Gasteiger partial charge in [0.25, 0.3) is 5.91 Å². The number of aliphatic imine (C=N–C) groups is 1. The van der Waals surface area contributed by atoms with Crippen LogP contribution in [0.4, 0.5) is 5.69 Å². The van der Waals surface area contributed by atoms with Crippen LogP contribution in [0.2, 0.25) is 5.02 Å². The number of benzene rings is 3. The highest BCUT2D eigenvalue weighted by Crippen LogP contribution is 2.39. The van der Waals surface area contributed by atoms with Gasteiger partial charge < -0.3 is 10.1 Å². The summed E-state index contributed by atoms with van der Waals surface area (Å²) in [6.45, 7) is 2.04. The van der Waals surface area contributed by atoms with Crippen LogP contribution < -0.4 is 10.1 Å². The molecule has 2 aliphatic heterocycles. The van der Waals surface area contributed by atoms with Crippen LogP contribution in [0.1, 0.15) is 35.6 Å². The number of hydrogen-bond donors (Lipinski definition) is 1. The Morgan fingerprint density at radius 1 is 1.11 bits per heavy atom. The zero-order valence-electron chi connectivity index (χ0n) is 20.3. The molecular weight excluding hydrogens is 508 g/mol. The molecule has 5 rings (SSSR count). The fraction of sp³-hybridized carbons (Fsp3) is 0.214. The second-order valence-corrected chi connectivity index (χ2v) is 10.4. The molecule has 0 saturated heterocycles. The fourth-order valence-corrected chi connectivity index (χ4v) is 5.46. The van der Waals surface area contributed by atoms with Crippen molar-refractivity contribution < 1.29 is 14.3 Å². The first kappa shape index (κ1) is 25.0. The van der Waals surface area contributed by atoms with Gasteiger partial charge in [0, 0.05) is 17.9 Å². The molecule has 1 N–H and O–H groups in total. The minimum atomic E-state index is -0.627. The molecule has 2 aliphatic rings. The number of rotatable bonds is 6. The lowest BCUT2D eigenvalue weighted by atomic mass is 9.98. The molecule has 0 aliphatic carbocycles. The van der Waals surface area contributed by atoms with Crippen LogP contribution in [0.15, 0.2) is 82.9 Å². The number of para-hydroxylation sites is 2. The van der Waals surface area contributed by atoms with Gasteiger partial charge in [-0.15, -0.1) is 0 Å². The zero-order valence-corrected chi connectivity index (χ0v) is 21.9. The van der Waals surface area contributed by atoms with Gasteiger partial charge in [-0.2, -0.15) is 10.1 Å². The van der Waals surface area contributed by atoms with Gasteiger partial charge >= 0.3 is 0 Å². The van der Waals surface area contributed by atoms with Crippen LogP contribution in [0.25, 0.3) is 0 Å². The third-order valence-corrected chi connectivity index (χ3v) is 7.62. The van der Waals surface area contributed by atoms with Gasteiger partial charge in [0.15, 0.2) is 5.17 Å². The van der Waals surface area contributed by atoms with E-state index in [0.717, 1.165) is 22.4 Å². The van der Waals surface area contributed by atoms with E-state index in [1.165, 1.54) is 11.8 Å². The molecule has 0 radical (unpaired) electrons. The number of carbonyl (C=O) groups is 2. The number of nitrogens with one attached hydrogen (secondary N) is 1. The Bertz CT molecular complexity index is 1390. The molecule has 0 aromatic heterocycles. The van der Waals surface area contributed by atoms with Crippen molar-refractivity contribution in [2.45, 2.75) is 31.1 Å². The summed E-state index contributed by atoms with van der Waals surface area (Å²) in [6.07, 6.45) is 0.642. The van der Waals surface area contributed by atoms with E-state index in [-0.39, 0.29) is 24.3 Å². The van der Waals surface area contributed by atoms with Crippen molar-refractivity contribution in [2.75, 3.05) is 12.4 Å². The third kappa shape index (κ3) is 5.55. The van der Waals surface area contributed by atoms with Crippen LogP contribution in [-0.2, 0) is 9.59 Å². The summed E-state index contributed by atoms with van der Waals surface area (Å²) >= 11 is 7.35. The summed E-state index contributed by atoms with van der Waals surface area (Å²) in [7, 11) is 1.54.